The Labute approximate surface area is 81.1 Å². The van der Waals surface area contributed by atoms with E-state index in [2.05, 4.69) is 20.9 Å². The molecule has 1 aromatic carbocycles. The van der Waals surface area contributed by atoms with Gasteiger partial charge >= 0.3 is 0 Å². The molecule has 0 atom stereocenters. The largest absolute Gasteiger partial charge is 0.564 e. The molecule has 3 nitrogen and oxygen atoms in total. The first-order chi connectivity index (χ1) is 5.66. The van der Waals surface area contributed by atoms with Gasteiger partial charge < -0.3 is 9.52 Å². The fourth-order valence-electron chi connectivity index (χ4n) is 0.937. The van der Waals surface area contributed by atoms with Crippen LogP contribution in [0.15, 0.2) is 21.0 Å². The number of oxazole rings is 1. The second-order valence-electron chi connectivity index (χ2n) is 2.21. The maximum atomic E-state index is 10.7. The van der Waals surface area contributed by atoms with E-state index in [9.17, 15) is 5.11 Å². The molecule has 0 amide bonds. The van der Waals surface area contributed by atoms with Gasteiger partial charge in [-0.25, -0.2) is 4.98 Å². The van der Waals surface area contributed by atoms with E-state index in [4.69, 9.17) is 16.0 Å². The fourth-order valence-corrected chi connectivity index (χ4v) is 1.81. The average Bonchev–Trinajstić information content (AvgIpc) is 2.29. The first kappa shape index (κ1) is 7.89. The van der Waals surface area contributed by atoms with Crippen molar-refractivity contribution in [3.8, 4) is 6.08 Å². The van der Waals surface area contributed by atoms with E-state index in [1.54, 1.807) is 12.1 Å². The molecule has 0 aliphatic rings. The van der Waals surface area contributed by atoms with Gasteiger partial charge in [-0.05, 0) is 28.1 Å². The van der Waals surface area contributed by atoms with Gasteiger partial charge in [-0.1, -0.05) is 11.6 Å². The summed E-state index contributed by atoms with van der Waals surface area (Å²) in [4.78, 5) is 3.63. The second kappa shape index (κ2) is 2.64. The van der Waals surface area contributed by atoms with Crippen molar-refractivity contribution in [1.82, 2.24) is 4.98 Å². The molecule has 1 aromatic heterocycles. The highest BCUT2D eigenvalue weighted by atomic mass is 79.9. The Hall–Kier alpha value is -0.740. The molecule has 0 saturated heterocycles. The van der Waals surface area contributed by atoms with Crippen molar-refractivity contribution in [2.45, 2.75) is 0 Å². The van der Waals surface area contributed by atoms with Gasteiger partial charge in [0.1, 0.15) is 0 Å². The number of rotatable bonds is 0. The van der Waals surface area contributed by atoms with E-state index in [0.717, 1.165) is 0 Å². The lowest BCUT2D eigenvalue weighted by atomic mass is 10.3. The van der Waals surface area contributed by atoms with Gasteiger partial charge in [0.2, 0.25) is 0 Å². The Morgan fingerprint density at radius 2 is 2.25 bits per heavy atom. The van der Waals surface area contributed by atoms with Crippen LogP contribution in [0.3, 0.4) is 0 Å². The van der Waals surface area contributed by atoms with Crippen molar-refractivity contribution in [3.63, 3.8) is 0 Å². The Morgan fingerprint density at radius 1 is 1.50 bits per heavy atom. The molecule has 0 spiro atoms. The smallest absolute Gasteiger partial charge is 0.156 e. The minimum absolute atomic E-state index is 0.402. The predicted octanol–water partition coefficient (Wildman–Crippen LogP) is 2.32. The summed E-state index contributed by atoms with van der Waals surface area (Å²) in [5.41, 5.74) is 0.906. The minimum Gasteiger partial charge on any atom is -0.564 e. The lowest BCUT2D eigenvalue weighted by Crippen LogP contribution is -1.86. The molecule has 62 valence electrons. The summed E-state index contributed by atoms with van der Waals surface area (Å²) in [6.07, 6.45) is -0.604. The van der Waals surface area contributed by atoms with Crippen molar-refractivity contribution < 1.29 is 9.52 Å². The third-order valence-electron chi connectivity index (χ3n) is 1.39. The highest BCUT2D eigenvalue weighted by Gasteiger charge is 2.02. The molecule has 0 radical (unpaired) electrons. The molecule has 12 heavy (non-hydrogen) atoms. The topological polar surface area (TPSA) is 49.1 Å². The first-order valence-corrected chi connectivity index (χ1v) is 4.26. The lowest BCUT2D eigenvalue weighted by Gasteiger charge is -1.95. The molecule has 0 fully saturated rings. The number of hydrogen-bond acceptors (Lipinski definition) is 3. The van der Waals surface area contributed by atoms with Crippen LogP contribution >= 0.6 is 27.5 Å². The lowest BCUT2D eigenvalue weighted by molar-refractivity contribution is -0.299. The molecule has 2 rings (SSSR count). The van der Waals surface area contributed by atoms with Crippen LogP contribution in [0.25, 0.3) is 11.1 Å². The zero-order valence-electron chi connectivity index (χ0n) is 5.67. The molecule has 0 unspecified atom stereocenters. The summed E-state index contributed by atoms with van der Waals surface area (Å²) in [5.74, 6) is 0. The Balaban J connectivity index is 2.88. The number of hydrogen-bond donors (Lipinski definition) is 0. The van der Waals surface area contributed by atoms with Crippen LogP contribution in [0.4, 0.5) is 0 Å². The predicted molar refractivity (Wildman–Crippen MR) is 46.2 cm³/mol. The van der Waals surface area contributed by atoms with Gasteiger partial charge in [0.05, 0.1) is 5.52 Å². The third kappa shape index (κ3) is 1.17. The Bertz CT molecular complexity index is 440. The van der Waals surface area contributed by atoms with Crippen molar-refractivity contribution in [2.24, 2.45) is 0 Å². The minimum atomic E-state index is -0.604. The van der Waals surface area contributed by atoms with E-state index >= 15 is 0 Å². The van der Waals surface area contributed by atoms with Gasteiger partial charge in [-0.3, -0.25) is 0 Å². The maximum absolute atomic E-state index is 10.7. The van der Waals surface area contributed by atoms with Crippen LogP contribution in [0, 0.1) is 0 Å². The van der Waals surface area contributed by atoms with Gasteiger partial charge in [-0.2, -0.15) is 0 Å². The van der Waals surface area contributed by atoms with Crippen LogP contribution in [-0.2, 0) is 0 Å². The number of halogens is 2. The van der Waals surface area contributed by atoms with Crippen LogP contribution in [0.5, 0.6) is 6.08 Å². The van der Waals surface area contributed by atoms with Crippen molar-refractivity contribution >= 4 is 38.6 Å². The summed E-state index contributed by atoms with van der Waals surface area (Å²) in [6, 6.07) is 3.21. The summed E-state index contributed by atoms with van der Waals surface area (Å²) < 4.78 is 5.41. The molecule has 0 N–H and O–H groups in total. The van der Waals surface area contributed by atoms with Gasteiger partial charge in [0, 0.05) is 15.1 Å². The normalized spacial score (nSPS) is 10.8. The van der Waals surface area contributed by atoms with E-state index < -0.39 is 6.08 Å². The van der Waals surface area contributed by atoms with Crippen LogP contribution in [0.1, 0.15) is 0 Å². The summed E-state index contributed by atoms with van der Waals surface area (Å²) >= 11 is 8.93. The zero-order chi connectivity index (χ0) is 8.72. The van der Waals surface area contributed by atoms with E-state index in [-0.39, 0.29) is 0 Å². The fraction of sp³-hybridized carbons (Fsp3) is 0. The summed E-state index contributed by atoms with van der Waals surface area (Å²) in [7, 11) is 0. The molecular formula is C7H2BrClNO2-. The highest BCUT2D eigenvalue weighted by Crippen LogP contribution is 2.29. The standard InChI is InChI=1S/C7H3BrClNO2/c8-4-1-3(9)2-5-6(4)10-7(11)12-5/h1-2H,(H,10,11)/p-1. The number of nitrogens with zero attached hydrogens (tertiary/aromatic N) is 1. The molecule has 0 aliphatic carbocycles. The van der Waals surface area contributed by atoms with Crippen LogP contribution < -0.4 is 5.11 Å². The molecule has 1 heterocycles. The molecular weight excluding hydrogens is 245 g/mol. The van der Waals surface area contributed by atoms with Crippen molar-refractivity contribution in [3.05, 3.63) is 21.6 Å². The molecule has 2 aromatic rings. The SMILES string of the molecule is [O-]c1nc2c(Br)cc(Cl)cc2o1. The van der Waals surface area contributed by atoms with E-state index in [1.165, 1.54) is 0 Å². The monoisotopic (exact) mass is 246 g/mol. The quantitative estimate of drug-likeness (QED) is 0.718. The van der Waals surface area contributed by atoms with Crippen molar-refractivity contribution in [1.29, 1.82) is 0 Å². The number of benzene rings is 1. The van der Waals surface area contributed by atoms with Gasteiger partial charge in [-0.15, -0.1) is 0 Å². The number of aromatic nitrogens is 1. The third-order valence-corrected chi connectivity index (χ3v) is 2.22. The van der Waals surface area contributed by atoms with E-state index in [1.807, 2.05) is 0 Å². The van der Waals surface area contributed by atoms with Crippen LogP contribution in [-0.4, -0.2) is 4.98 Å². The molecule has 0 saturated carbocycles. The van der Waals surface area contributed by atoms with E-state index in [0.29, 0.717) is 20.6 Å². The Kier molecular flexibility index (Phi) is 1.73. The van der Waals surface area contributed by atoms with Gasteiger partial charge in [0.15, 0.2) is 6.08 Å². The van der Waals surface area contributed by atoms with Crippen LogP contribution in [0.2, 0.25) is 5.02 Å². The molecule has 0 aliphatic heterocycles. The average molecular weight is 247 g/mol. The maximum Gasteiger partial charge on any atom is 0.156 e. The summed E-state index contributed by atoms with van der Waals surface area (Å²) in [5, 5.41) is 11.2. The zero-order valence-corrected chi connectivity index (χ0v) is 8.02. The molecule has 5 heteroatoms. The highest BCUT2D eigenvalue weighted by molar-refractivity contribution is 9.10. The Morgan fingerprint density at radius 3 is 3.00 bits per heavy atom. The summed E-state index contributed by atoms with van der Waals surface area (Å²) in [6.45, 7) is 0. The first-order valence-electron chi connectivity index (χ1n) is 3.09. The van der Waals surface area contributed by atoms with Crippen molar-refractivity contribution in [2.75, 3.05) is 0 Å². The molecule has 0 bridgehead atoms. The van der Waals surface area contributed by atoms with Gasteiger partial charge in [0.25, 0.3) is 0 Å². The number of fused-ring (bicyclic) bond motifs is 1. The second-order valence-corrected chi connectivity index (χ2v) is 3.50.